The van der Waals surface area contributed by atoms with Gasteiger partial charge in [0.2, 0.25) is 6.29 Å². The number of rotatable bonds is 11. The highest BCUT2D eigenvalue weighted by Crippen LogP contribution is 2.64. The van der Waals surface area contributed by atoms with Crippen molar-refractivity contribution in [1.82, 2.24) is 9.13 Å². The molecule has 0 amide bonds. The maximum atomic E-state index is 15.1. The van der Waals surface area contributed by atoms with E-state index in [0.29, 0.717) is 17.9 Å². The Kier molecular flexibility index (Phi) is 9.76. The fourth-order valence-electron chi connectivity index (χ4n) is 3.56. The number of nitrogens with zero attached hydrogens (tertiary/aromatic N) is 2. The molecule has 0 aliphatic carbocycles. The molecule has 0 spiro atoms. The van der Waals surface area contributed by atoms with Gasteiger partial charge in [-0.25, -0.2) is 9.59 Å². The maximum Gasteiger partial charge on any atom is 0.510 e. The minimum Gasteiger partial charge on any atom is -0.497 e. The van der Waals surface area contributed by atoms with Crippen LogP contribution < -0.4 is 10.4 Å². The summed E-state index contributed by atoms with van der Waals surface area (Å²) >= 11 is 3.03. The van der Waals surface area contributed by atoms with E-state index in [0.717, 1.165) is 18.6 Å². The molecule has 0 fully saturated rings. The van der Waals surface area contributed by atoms with Crippen molar-refractivity contribution in [3.8, 4) is 5.75 Å². The van der Waals surface area contributed by atoms with Crippen molar-refractivity contribution >= 4 is 29.7 Å². The second-order valence-electron chi connectivity index (χ2n) is 8.77. The van der Waals surface area contributed by atoms with Crippen LogP contribution in [0.15, 0.2) is 64.1 Å². The normalized spacial score (nSPS) is 14.1. The van der Waals surface area contributed by atoms with Gasteiger partial charge in [-0.2, -0.15) is 8.78 Å². The third-order valence-electron chi connectivity index (χ3n) is 5.36. The van der Waals surface area contributed by atoms with Gasteiger partial charge in [0.25, 0.3) is 0 Å². The smallest absolute Gasteiger partial charge is 0.497 e. The number of carbonyl (C=O) groups excluding carboxylic acids is 1. The Morgan fingerprint density at radius 3 is 2.23 bits per heavy atom. The second kappa shape index (κ2) is 12.5. The van der Waals surface area contributed by atoms with E-state index in [2.05, 4.69) is 25.2 Å². The number of ether oxygens (including phenoxy) is 3. The van der Waals surface area contributed by atoms with Gasteiger partial charge in [-0.3, -0.25) is 18.2 Å². The first-order chi connectivity index (χ1) is 18.2. The molecule has 10 nitrogen and oxygen atoms in total. The molecule has 1 heterocycles. The van der Waals surface area contributed by atoms with Crippen LogP contribution in [0.5, 0.6) is 5.75 Å². The summed E-state index contributed by atoms with van der Waals surface area (Å²) in [6.45, 7) is 4.45. The molecule has 1 aromatic heterocycles. The van der Waals surface area contributed by atoms with E-state index in [9.17, 15) is 19.0 Å². The summed E-state index contributed by atoms with van der Waals surface area (Å²) in [6, 6.07) is 10.9. The molecule has 0 aliphatic rings. The zero-order valence-electron chi connectivity index (χ0n) is 21.5. The third-order valence-corrected chi connectivity index (χ3v) is 7.55. The summed E-state index contributed by atoms with van der Waals surface area (Å²) in [6.07, 6.45) is -0.397. The molecule has 39 heavy (non-hydrogen) atoms. The van der Waals surface area contributed by atoms with Crippen molar-refractivity contribution in [3.05, 3.63) is 86.5 Å². The molecule has 0 saturated carbocycles. The van der Waals surface area contributed by atoms with Crippen LogP contribution in [-0.2, 0) is 37.3 Å². The fourth-order valence-corrected chi connectivity index (χ4v) is 5.46. The summed E-state index contributed by atoms with van der Waals surface area (Å²) in [7, 11) is -4.13. The number of carbonyl (C=O) groups is 1. The highest BCUT2D eigenvalue weighted by atomic mass is 79.9. The number of benzene rings is 2. The van der Waals surface area contributed by atoms with Crippen LogP contribution in [0.4, 0.5) is 13.6 Å². The monoisotopic (exact) mass is 632 g/mol. The number of aromatic nitrogens is 2. The van der Waals surface area contributed by atoms with Crippen molar-refractivity contribution in [2.24, 2.45) is 0 Å². The number of halogens is 3. The molecule has 0 saturated heterocycles. The first-order valence-electron chi connectivity index (χ1n) is 11.7. The predicted molar refractivity (Wildman–Crippen MR) is 141 cm³/mol. The highest BCUT2D eigenvalue weighted by Gasteiger charge is 2.55. The number of hydrogen-bond acceptors (Lipinski definition) is 7. The van der Waals surface area contributed by atoms with Gasteiger partial charge >= 0.3 is 25.1 Å². The third kappa shape index (κ3) is 7.57. The van der Waals surface area contributed by atoms with Gasteiger partial charge in [-0.05, 0) is 50.1 Å². The Hall–Kier alpha value is -2.99. The first-order valence-corrected chi connectivity index (χ1v) is 14.0. The fraction of sp³-hybridized carbons (Fsp3) is 0.360. The lowest BCUT2D eigenvalue weighted by Crippen LogP contribution is -2.25. The zero-order chi connectivity index (χ0) is 29.0. The molecule has 14 heteroatoms. The summed E-state index contributed by atoms with van der Waals surface area (Å²) in [4.78, 5) is 34.4. The van der Waals surface area contributed by atoms with E-state index < -0.39 is 37.4 Å². The Morgan fingerprint density at radius 1 is 1.05 bits per heavy atom. The average molecular weight is 633 g/mol. The molecule has 2 aromatic carbocycles. The standard InChI is InChI=1S/C25H28BrF2N2O8P/c1-16(2)36-24(32)37-17(3)38-39(33,34)25(27,28)21-9-8-19(13-22(21)26)15-30-11-10-29(23(30)31)14-18-6-5-7-20(12-18)35-4/h5-13,16-17H,14-15H2,1-4H3,(H,33,34). The summed E-state index contributed by atoms with van der Waals surface area (Å²) < 4.78 is 64.4. The van der Waals surface area contributed by atoms with Crippen LogP contribution in [0.25, 0.3) is 0 Å². The zero-order valence-corrected chi connectivity index (χ0v) is 24.0. The summed E-state index contributed by atoms with van der Waals surface area (Å²) in [5.41, 5.74) is -4.17. The number of hydrogen-bond donors (Lipinski definition) is 1. The molecule has 2 atom stereocenters. The van der Waals surface area contributed by atoms with Gasteiger partial charge < -0.3 is 19.1 Å². The van der Waals surface area contributed by atoms with E-state index in [1.54, 1.807) is 25.6 Å². The van der Waals surface area contributed by atoms with E-state index in [1.165, 1.54) is 35.1 Å². The van der Waals surface area contributed by atoms with Gasteiger partial charge in [0.15, 0.2) is 0 Å². The van der Waals surface area contributed by atoms with Crippen molar-refractivity contribution in [2.45, 2.75) is 51.9 Å². The summed E-state index contributed by atoms with van der Waals surface area (Å²) in [5, 5.41) is 0. The molecule has 1 N–H and O–H groups in total. The van der Waals surface area contributed by atoms with E-state index in [4.69, 9.17) is 9.47 Å². The number of alkyl halides is 2. The molecular formula is C25H28BrF2N2O8P. The van der Waals surface area contributed by atoms with Crippen molar-refractivity contribution in [1.29, 1.82) is 0 Å². The Morgan fingerprint density at radius 2 is 1.67 bits per heavy atom. The van der Waals surface area contributed by atoms with Gasteiger partial charge in [0.05, 0.1) is 26.3 Å². The SMILES string of the molecule is COc1cccc(Cn2ccn(Cc3ccc(C(F)(F)P(=O)(O)OC(C)OC(=O)OC(C)C)c(Br)c3)c2=O)c1. The van der Waals surface area contributed by atoms with Crippen LogP contribution in [0, 0.1) is 0 Å². The number of methoxy groups -OCH3 is 1. The second-order valence-corrected chi connectivity index (χ2v) is 11.4. The van der Waals surface area contributed by atoms with Gasteiger partial charge in [0, 0.05) is 22.4 Å². The van der Waals surface area contributed by atoms with E-state index >= 15 is 8.78 Å². The van der Waals surface area contributed by atoms with Crippen LogP contribution in [0.1, 0.15) is 37.5 Å². The Labute approximate surface area is 231 Å². The number of imidazole rings is 1. The van der Waals surface area contributed by atoms with Crippen molar-refractivity contribution < 1.29 is 41.8 Å². The lowest BCUT2D eigenvalue weighted by atomic mass is 10.1. The van der Waals surface area contributed by atoms with E-state index in [-0.39, 0.29) is 16.7 Å². The minimum atomic E-state index is -5.68. The Bertz CT molecular complexity index is 1430. The molecule has 0 bridgehead atoms. The van der Waals surface area contributed by atoms with E-state index in [1.807, 2.05) is 18.2 Å². The molecule has 0 aliphatic heterocycles. The van der Waals surface area contributed by atoms with Crippen LogP contribution in [-0.4, -0.2) is 39.7 Å². The topological polar surface area (TPSA) is 118 Å². The molecule has 3 aromatic rings. The maximum absolute atomic E-state index is 15.1. The lowest BCUT2D eigenvalue weighted by molar-refractivity contribution is -0.0766. The summed E-state index contributed by atoms with van der Waals surface area (Å²) in [5.74, 6) is 0.662. The largest absolute Gasteiger partial charge is 0.510 e. The van der Waals surface area contributed by atoms with Gasteiger partial charge in [0.1, 0.15) is 5.75 Å². The quantitative estimate of drug-likeness (QED) is 0.163. The molecule has 3 rings (SSSR count). The Balaban J connectivity index is 1.73. The van der Waals surface area contributed by atoms with Crippen LogP contribution in [0.3, 0.4) is 0 Å². The van der Waals surface area contributed by atoms with Gasteiger partial charge in [-0.15, -0.1) is 0 Å². The highest BCUT2D eigenvalue weighted by molar-refractivity contribution is 9.10. The molecule has 212 valence electrons. The van der Waals surface area contributed by atoms with Gasteiger partial charge in [-0.1, -0.05) is 40.2 Å². The molecule has 2 unspecified atom stereocenters. The molecule has 0 radical (unpaired) electrons. The van der Waals surface area contributed by atoms with Crippen molar-refractivity contribution in [2.75, 3.05) is 7.11 Å². The lowest BCUT2D eigenvalue weighted by Gasteiger charge is -2.25. The van der Waals surface area contributed by atoms with Crippen molar-refractivity contribution in [3.63, 3.8) is 0 Å². The van der Waals surface area contributed by atoms with Crippen LogP contribution >= 0.6 is 23.5 Å². The minimum absolute atomic E-state index is 0.0600. The van der Waals surface area contributed by atoms with Crippen LogP contribution in [0.2, 0.25) is 0 Å². The predicted octanol–water partition coefficient (Wildman–Crippen LogP) is 5.68. The molecular weight excluding hydrogens is 605 g/mol. The average Bonchev–Trinajstić information content (AvgIpc) is 3.16. The first kappa shape index (κ1) is 30.6.